The minimum atomic E-state index is -0.0720. The van der Waals surface area contributed by atoms with Gasteiger partial charge in [-0.2, -0.15) is 0 Å². The molecule has 0 saturated carbocycles. The van der Waals surface area contributed by atoms with E-state index in [2.05, 4.69) is 172 Å². The van der Waals surface area contributed by atoms with Crippen molar-refractivity contribution in [3.8, 4) is 33.4 Å². The van der Waals surface area contributed by atoms with E-state index in [9.17, 15) is 0 Å². The molecule has 0 saturated heterocycles. The Labute approximate surface area is 249 Å². The van der Waals surface area contributed by atoms with E-state index in [1.165, 1.54) is 61.3 Å². The quantitative estimate of drug-likeness (QED) is 0.210. The van der Waals surface area contributed by atoms with Gasteiger partial charge in [0.05, 0.1) is 5.69 Å². The maximum atomic E-state index is 2.44. The topological polar surface area (TPSA) is 3.24 Å². The summed E-state index contributed by atoms with van der Waals surface area (Å²) >= 11 is 0. The van der Waals surface area contributed by atoms with Gasteiger partial charge in [0.15, 0.2) is 0 Å². The summed E-state index contributed by atoms with van der Waals surface area (Å²) in [6, 6.07) is 50.9. The molecule has 0 atom stereocenters. The van der Waals surface area contributed by atoms with Crippen molar-refractivity contribution in [3.63, 3.8) is 0 Å². The maximum absolute atomic E-state index is 2.44. The van der Waals surface area contributed by atoms with Crippen LogP contribution in [0.25, 0.3) is 33.4 Å². The number of hydrogen-bond donors (Lipinski definition) is 0. The smallest absolute Gasteiger partial charge is 0.0545 e. The van der Waals surface area contributed by atoms with Crippen LogP contribution in [0.3, 0.4) is 0 Å². The molecule has 42 heavy (non-hydrogen) atoms. The number of nitrogens with zero attached hydrogens (tertiary/aromatic N) is 1. The molecule has 0 spiro atoms. The molecule has 0 amide bonds. The number of anilines is 3. The predicted octanol–water partition coefficient (Wildman–Crippen LogP) is 11.4. The second-order valence-corrected chi connectivity index (χ2v) is 12.0. The second kappa shape index (κ2) is 10.2. The molecule has 0 bridgehead atoms. The lowest BCUT2D eigenvalue weighted by atomic mass is 9.81. The molecule has 0 N–H and O–H groups in total. The highest BCUT2D eigenvalue weighted by molar-refractivity contribution is 5.95. The van der Waals surface area contributed by atoms with E-state index in [-0.39, 0.29) is 5.41 Å². The van der Waals surface area contributed by atoms with E-state index in [0.29, 0.717) is 0 Å². The van der Waals surface area contributed by atoms with E-state index < -0.39 is 0 Å². The Balaban J connectivity index is 1.43. The fourth-order valence-corrected chi connectivity index (χ4v) is 6.55. The summed E-state index contributed by atoms with van der Waals surface area (Å²) in [5, 5.41) is 0. The molecular formula is C41H35N. The molecular weight excluding hydrogens is 506 g/mol. The van der Waals surface area contributed by atoms with E-state index in [1.54, 1.807) is 0 Å². The SMILES string of the molecule is Cc1ccc2c(c1)C(C)(C)c1cc(C)cc(N(c3ccc(-c4ccccc4)cc3)c3ccc(-c4ccccc4)cc3)c1-2. The van der Waals surface area contributed by atoms with Crippen LogP contribution in [-0.2, 0) is 5.41 Å². The van der Waals surface area contributed by atoms with Crippen LogP contribution in [0.1, 0.15) is 36.1 Å². The molecule has 0 heterocycles. The summed E-state index contributed by atoms with van der Waals surface area (Å²) in [5.41, 5.74) is 16.4. The third-order valence-corrected chi connectivity index (χ3v) is 8.76. The monoisotopic (exact) mass is 541 g/mol. The lowest BCUT2D eigenvalue weighted by molar-refractivity contribution is 0.659. The Bertz CT molecular complexity index is 1800. The third-order valence-electron chi connectivity index (χ3n) is 8.76. The largest absolute Gasteiger partial charge is 0.310 e. The van der Waals surface area contributed by atoms with E-state index >= 15 is 0 Å². The van der Waals surface area contributed by atoms with Gasteiger partial charge in [-0.1, -0.05) is 129 Å². The molecule has 0 aromatic heterocycles. The van der Waals surface area contributed by atoms with Crippen LogP contribution in [0.15, 0.2) is 140 Å². The summed E-state index contributed by atoms with van der Waals surface area (Å²) in [4.78, 5) is 2.44. The van der Waals surface area contributed by atoms with Gasteiger partial charge in [0.1, 0.15) is 0 Å². The van der Waals surface area contributed by atoms with Gasteiger partial charge in [0, 0.05) is 22.4 Å². The molecule has 1 heteroatoms. The molecule has 0 aliphatic heterocycles. The first-order chi connectivity index (χ1) is 20.4. The number of rotatable bonds is 5. The molecule has 1 aliphatic carbocycles. The van der Waals surface area contributed by atoms with Crippen molar-refractivity contribution in [2.75, 3.05) is 4.90 Å². The zero-order valence-electron chi connectivity index (χ0n) is 24.7. The first-order valence-electron chi connectivity index (χ1n) is 14.8. The van der Waals surface area contributed by atoms with Gasteiger partial charge in [-0.15, -0.1) is 0 Å². The van der Waals surface area contributed by atoms with Crippen molar-refractivity contribution in [3.05, 3.63) is 162 Å². The maximum Gasteiger partial charge on any atom is 0.0545 e. The highest BCUT2D eigenvalue weighted by atomic mass is 15.1. The minimum absolute atomic E-state index is 0.0720. The van der Waals surface area contributed by atoms with Gasteiger partial charge < -0.3 is 4.90 Å². The Kier molecular flexibility index (Phi) is 6.32. The minimum Gasteiger partial charge on any atom is -0.310 e. The third kappa shape index (κ3) is 4.43. The summed E-state index contributed by atoms with van der Waals surface area (Å²) in [7, 11) is 0. The van der Waals surface area contributed by atoms with Gasteiger partial charge in [0.25, 0.3) is 0 Å². The van der Waals surface area contributed by atoms with Crippen molar-refractivity contribution in [1.82, 2.24) is 0 Å². The fraction of sp³-hybridized carbons (Fsp3) is 0.122. The molecule has 0 radical (unpaired) electrons. The average molecular weight is 542 g/mol. The fourth-order valence-electron chi connectivity index (χ4n) is 6.55. The highest BCUT2D eigenvalue weighted by Gasteiger charge is 2.38. The van der Waals surface area contributed by atoms with Gasteiger partial charge in [-0.3, -0.25) is 0 Å². The molecule has 0 unspecified atom stereocenters. The van der Waals surface area contributed by atoms with Gasteiger partial charge >= 0.3 is 0 Å². The predicted molar refractivity (Wildman–Crippen MR) is 179 cm³/mol. The first kappa shape index (κ1) is 26.0. The lowest BCUT2D eigenvalue weighted by Crippen LogP contribution is -2.16. The van der Waals surface area contributed by atoms with Crippen molar-refractivity contribution in [2.45, 2.75) is 33.1 Å². The number of aryl methyl sites for hydroxylation is 2. The van der Waals surface area contributed by atoms with E-state index in [0.717, 1.165) is 11.4 Å². The highest BCUT2D eigenvalue weighted by Crippen LogP contribution is 2.55. The van der Waals surface area contributed by atoms with Crippen LogP contribution in [0.4, 0.5) is 17.1 Å². The Morgan fingerprint density at radius 2 is 0.929 bits per heavy atom. The summed E-state index contributed by atoms with van der Waals surface area (Å²) < 4.78 is 0. The Morgan fingerprint density at radius 3 is 1.45 bits per heavy atom. The Hall–Kier alpha value is -4.88. The van der Waals surface area contributed by atoms with E-state index in [4.69, 9.17) is 0 Å². The van der Waals surface area contributed by atoms with Crippen molar-refractivity contribution in [2.24, 2.45) is 0 Å². The molecule has 1 nitrogen and oxygen atoms in total. The summed E-state index contributed by atoms with van der Waals surface area (Å²) in [5.74, 6) is 0. The van der Waals surface area contributed by atoms with Crippen LogP contribution >= 0.6 is 0 Å². The van der Waals surface area contributed by atoms with Gasteiger partial charge in [-0.25, -0.2) is 0 Å². The summed E-state index contributed by atoms with van der Waals surface area (Å²) in [6.45, 7) is 9.16. The Morgan fingerprint density at radius 1 is 0.452 bits per heavy atom. The zero-order valence-corrected chi connectivity index (χ0v) is 24.7. The molecule has 7 rings (SSSR count). The van der Waals surface area contributed by atoms with E-state index in [1.807, 2.05) is 0 Å². The molecule has 1 aliphatic rings. The number of benzene rings is 6. The number of hydrogen-bond acceptors (Lipinski definition) is 1. The van der Waals surface area contributed by atoms with Crippen LogP contribution < -0.4 is 4.90 Å². The van der Waals surface area contributed by atoms with Crippen LogP contribution in [0.5, 0.6) is 0 Å². The number of fused-ring (bicyclic) bond motifs is 3. The zero-order chi connectivity index (χ0) is 28.8. The second-order valence-electron chi connectivity index (χ2n) is 12.0. The lowest BCUT2D eigenvalue weighted by Gasteiger charge is -2.30. The van der Waals surface area contributed by atoms with Crippen molar-refractivity contribution >= 4 is 17.1 Å². The molecule has 6 aromatic rings. The summed E-state index contributed by atoms with van der Waals surface area (Å²) in [6.07, 6.45) is 0. The molecule has 0 fully saturated rings. The standard InChI is InChI=1S/C41H35N/c1-28-15-24-36-37(25-28)41(3,4)38-26-29(2)27-39(40(36)38)42(34-20-16-32(17-21-34)30-11-7-5-8-12-30)35-22-18-33(19-23-35)31-13-9-6-10-14-31/h5-27H,1-4H3. The van der Waals surface area contributed by atoms with Gasteiger partial charge in [0.2, 0.25) is 0 Å². The molecule has 6 aromatic carbocycles. The van der Waals surface area contributed by atoms with Crippen LogP contribution in [0, 0.1) is 13.8 Å². The van der Waals surface area contributed by atoms with Crippen molar-refractivity contribution in [1.29, 1.82) is 0 Å². The van der Waals surface area contributed by atoms with Crippen molar-refractivity contribution < 1.29 is 0 Å². The molecule has 204 valence electrons. The first-order valence-corrected chi connectivity index (χ1v) is 14.8. The normalized spacial score (nSPS) is 13.0. The van der Waals surface area contributed by atoms with Gasteiger partial charge in [-0.05, 0) is 88.7 Å². The van der Waals surface area contributed by atoms with Crippen LogP contribution in [0.2, 0.25) is 0 Å². The average Bonchev–Trinajstić information content (AvgIpc) is 3.24. The van der Waals surface area contributed by atoms with Crippen LogP contribution in [-0.4, -0.2) is 0 Å².